The van der Waals surface area contributed by atoms with Gasteiger partial charge in [0.15, 0.2) is 0 Å². The van der Waals surface area contributed by atoms with Gasteiger partial charge in [-0.2, -0.15) is 0 Å². The van der Waals surface area contributed by atoms with Gasteiger partial charge in [0.25, 0.3) is 0 Å². The van der Waals surface area contributed by atoms with Gasteiger partial charge in [-0.3, -0.25) is 0 Å². The van der Waals surface area contributed by atoms with Gasteiger partial charge in [0.2, 0.25) is 10.0 Å². The van der Waals surface area contributed by atoms with E-state index in [1.807, 2.05) is 0 Å². The minimum atomic E-state index is -3.09. The second-order valence-electron chi connectivity index (χ2n) is 4.63. The highest BCUT2D eigenvalue weighted by molar-refractivity contribution is 7.89. The van der Waals surface area contributed by atoms with Crippen molar-refractivity contribution in [2.75, 3.05) is 12.3 Å². The molecule has 0 atom stereocenters. The van der Waals surface area contributed by atoms with E-state index in [2.05, 4.69) is 14.7 Å². The molecule has 1 aromatic rings. The Hall–Kier alpha value is -0.880. The van der Waals surface area contributed by atoms with Crippen LogP contribution in [0.1, 0.15) is 31.4 Å². The summed E-state index contributed by atoms with van der Waals surface area (Å²) in [6.07, 6.45) is 8.43. The average Bonchev–Trinajstić information content (AvgIpc) is 2.67. The highest BCUT2D eigenvalue weighted by Gasteiger charge is 2.20. The molecule has 5 nitrogen and oxygen atoms in total. The van der Waals surface area contributed by atoms with Crippen molar-refractivity contribution >= 4 is 10.0 Å². The van der Waals surface area contributed by atoms with Crippen LogP contribution < -0.4 is 4.72 Å². The Balaban J connectivity index is 1.65. The highest BCUT2D eigenvalue weighted by Crippen LogP contribution is 2.29. The second kappa shape index (κ2) is 5.64. The molecule has 96 valence electrons. The van der Waals surface area contributed by atoms with Crippen LogP contribution in [-0.2, 0) is 16.4 Å². The quantitative estimate of drug-likeness (QED) is 0.767. The Bertz CT molecular complexity index is 424. The number of hydrogen-bond donors (Lipinski definition) is 2. The van der Waals surface area contributed by atoms with Crippen molar-refractivity contribution in [2.45, 2.75) is 32.1 Å². The molecule has 0 bridgehead atoms. The van der Waals surface area contributed by atoms with E-state index in [0.29, 0.717) is 18.9 Å². The zero-order chi connectivity index (χ0) is 12.1. The van der Waals surface area contributed by atoms with Gasteiger partial charge in [-0.15, -0.1) is 0 Å². The van der Waals surface area contributed by atoms with Crippen molar-refractivity contribution in [2.24, 2.45) is 5.92 Å². The number of nitrogens with one attached hydrogen (secondary N) is 2. The largest absolute Gasteiger partial charge is 0.348 e. The van der Waals surface area contributed by atoms with Gasteiger partial charge >= 0.3 is 0 Å². The van der Waals surface area contributed by atoms with E-state index in [-0.39, 0.29) is 5.75 Å². The molecule has 1 fully saturated rings. The van der Waals surface area contributed by atoms with Gasteiger partial charge in [-0.25, -0.2) is 18.1 Å². The molecule has 1 saturated carbocycles. The van der Waals surface area contributed by atoms with E-state index in [9.17, 15) is 8.42 Å². The maximum atomic E-state index is 11.7. The van der Waals surface area contributed by atoms with Crippen LogP contribution in [0.15, 0.2) is 12.5 Å². The Kier molecular flexibility index (Phi) is 4.17. The van der Waals surface area contributed by atoms with Gasteiger partial charge in [0.1, 0.15) is 0 Å². The molecule has 1 heterocycles. The van der Waals surface area contributed by atoms with Crippen molar-refractivity contribution in [3.05, 3.63) is 18.2 Å². The van der Waals surface area contributed by atoms with E-state index in [1.54, 1.807) is 12.5 Å². The number of sulfonamides is 1. The predicted molar refractivity (Wildman–Crippen MR) is 66.0 cm³/mol. The molecule has 2 rings (SSSR count). The minimum absolute atomic E-state index is 0.265. The summed E-state index contributed by atoms with van der Waals surface area (Å²) < 4.78 is 26.0. The fourth-order valence-electron chi connectivity index (χ4n) is 1.94. The van der Waals surface area contributed by atoms with Crippen molar-refractivity contribution in [3.8, 4) is 0 Å². The van der Waals surface area contributed by atoms with E-state index in [1.165, 1.54) is 19.3 Å². The van der Waals surface area contributed by atoms with Crippen molar-refractivity contribution in [3.63, 3.8) is 0 Å². The van der Waals surface area contributed by atoms with E-state index < -0.39 is 10.0 Å². The van der Waals surface area contributed by atoms with E-state index in [4.69, 9.17) is 0 Å². The van der Waals surface area contributed by atoms with Crippen LogP contribution in [0.4, 0.5) is 0 Å². The number of imidazole rings is 1. The fourth-order valence-corrected chi connectivity index (χ4v) is 3.14. The molecule has 0 amide bonds. The first-order valence-electron chi connectivity index (χ1n) is 6.10. The Morgan fingerprint density at radius 1 is 1.47 bits per heavy atom. The molecular formula is C11H19N3O2S. The molecular weight excluding hydrogens is 238 g/mol. The maximum absolute atomic E-state index is 11.7. The first-order valence-corrected chi connectivity index (χ1v) is 7.75. The summed E-state index contributed by atoms with van der Waals surface area (Å²) in [5.41, 5.74) is 0.951. The number of aromatic amines is 1. The zero-order valence-electron chi connectivity index (χ0n) is 9.85. The van der Waals surface area contributed by atoms with Crippen LogP contribution in [0.3, 0.4) is 0 Å². The fraction of sp³-hybridized carbons (Fsp3) is 0.727. The molecule has 0 aromatic carbocycles. The molecule has 0 radical (unpaired) electrons. The topological polar surface area (TPSA) is 74.8 Å². The number of H-pyrrole nitrogens is 1. The zero-order valence-corrected chi connectivity index (χ0v) is 10.7. The number of rotatable bonds is 7. The molecule has 17 heavy (non-hydrogen) atoms. The number of aromatic nitrogens is 2. The average molecular weight is 257 g/mol. The summed E-state index contributed by atoms with van der Waals surface area (Å²) in [5.74, 6) is 0.903. The summed E-state index contributed by atoms with van der Waals surface area (Å²) in [5, 5.41) is 0. The van der Waals surface area contributed by atoms with E-state index in [0.717, 1.165) is 12.1 Å². The smallest absolute Gasteiger partial charge is 0.211 e. The minimum Gasteiger partial charge on any atom is -0.348 e. The van der Waals surface area contributed by atoms with Crippen LogP contribution >= 0.6 is 0 Å². The first kappa shape index (κ1) is 12.6. The van der Waals surface area contributed by atoms with E-state index >= 15 is 0 Å². The standard InChI is InChI=1S/C11H19N3O2S/c15-17(16,7-5-10-2-1-3-10)14-6-4-11-8-12-9-13-11/h8-10,14H,1-7H2,(H,12,13). The van der Waals surface area contributed by atoms with Crippen LogP contribution in [0.25, 0.3) is 0 Å². The molecule has 0 unspecified atom stereocenters. The van der Waals surface area contributed by atoms with Gasteiger partial charge in [0, 0.05) is 24.9 Å². The molecule has 0 saturated heterocycles. The van der Waals surface area contributed by atoms with Gasteiger partial charge in [0.05, 0.1) is 12.1 Å². The van der Waals surface area contributed by atoms with Crippen LogP contribution in [0, 0.1) is 5.92 Å². The second-order valence-corrected chi connectivity index (χ2v) is 6.55. The van der Waals surface area contributed by atoms with Crippen molar-refractivity contribution in [1.29, 1.82) is 0 Å². The molecule has 1 aromatic heterocycles. The third-order valence-corrected chi connectivity index (χ3v) is 4.71. The lowest BCUT2D eigenvalue weighted by Crippen LogP contribution is -2.30. The molecule has 1 aliphatic carbocycles. The predicted octanol–water partition coefficient (Wildman–Crippen LogP) is 1.06. The lowest BCUT2D eigenvalue weighted by Gasteiger charge is -2.24. The summed E-state index contributed by atoms with van der Waals surface area (Å²) >= 11 is 0. The highest BCUT2D eigenvalue weighted by atomic mass is 32.2. The Morgan fingerprint density at radius 2 is 2.29 bits per heavy atom. The van der Waals surface area contributed by atoms with Crippen LogP contribution in [0.2, 0.25) is 0 Å². The molecule has 6 heteroatoms. The van der Waals surface area contributed by atoms with Crippen LogP contribution in [0.5, 0.6) is 0 Å². The third kappa shape index (κ3) is 4.12. The third-order valence-electron chi connectivity index (χ3n) is 3.29. The van der Waals surface area contributed by atoms with Gasteiger partial charge in [-0.1, -0.05) is 19.3 Å². The Labute approximate surface area is 102 Å². The van der Waals surface area contributed by atoms with Gasteiger partial charge < -0.3 is 4.98 Å². The summed E-state index contributed by atoms with van der Waals surface area (Å²) in [7, 11) is -3.09. The molecule has 0 aliphatic heterocycles. The number of hydrogen-bond acceptors (Lipinski definition) is 3. The van der Waals surface area contributed by atoms with Crippen molar-refractivity contribution < 1.29 is 8.42 Å². The monoisotopic (exact) mass is 257 g/mol. The normalized spacial score (nSPS) is 16.9. The lowest BCUT2D eigenvalue weighted by atomic mass is 9.84. The SMILES string of the molecule is O=S(=O)(CCC1CCC1)NCCc1cnc[nH]1. The van der Waals surface area contributed by atoms with Gasteiger partial charge in [-0.05, 0) is 12.3 Å². The molecule has 2 N–H and O–H groups in total. The lowest BCUT2D eigenvalue weighted by molar-refractivity contribution is 0.307. The molecule has 0 spiro atoms. The molecule has 1 aliphatic rings. The Morgan fingerprint density at radius 3 is 2.88 bits per heavy atom. The van der Waals surface area contributed by atoms with Crippen molar-refractivity contribution in [1.82, 2.24) is 14.7 Å². The number of nitrogens with zero attached hydrogens (tertiary/aromatic N) is 1. The van der Waals surface area contributed by atoms with Crippen LogP contribution in [-0.4, -0.2) is 30.7 Å². The summed E-state index contributed by atoms with van der Waals surface area (Å²) in [6, 6.07) is 0. The summed E-state index contributed by atoms with van der Waals surface area (Å²) in [6.45, 7) is 0.440. The maximum Gasteiger partial charge on any atom is 0.211 e. The summed E-state index contributed by atoms with van der Waals surface area (Å²) in [4.78, 5) is 6.83. The first-order chi connectivity index (χ1) is 8.16.